The van der Waals surface area contributed by atoms with Gasteiger partial charge in [-0.15, -0.1) is 0 Å². The van der Waals surface area contributed by atoms with E-state index in [4.69, 9.17) is 4.74 Å². The molecule has 0 radical (unpaired) electrons. The summed E-state index contributed by atoms with van der Waals surface area (Å²) in [6.45, 7) is -0.629. The van der Waals surface area contributed by atoms with Crippen molar-refractivity contribution >= 4 is 5.97 Å². The first kappa shape index (κ1) is 16.8. The molecule has 1 unspecified atom stereocenters. The smallest absolute Gasteiger partial charge is 0.406 e. The molecule has 22 heavy (non-hydrogen) atoms. The molecule has 6 nitrogen and oxygen atoms in total. The van der Waals surface area contributed by atoms with Crippen LogP contribution in [0.2, 0.25) is 0 Å². The first-order chi connectivity index (χ1) is 10.3. The molecular formula is C13H18F3N3O3. The van der Waals surface area contributed by atoms with Gasteiger partial charge in [0.2, 0.25) is 0 Å². The molecule has 0 amide bonds. The summed E-state index contributed by atoms with van der Waals surface area (Å²) >= 11 is 0. The average Bonchev–Trinajstić information content (AvgIpc) is 2.98. The van der Waals surface area contributed by atoms with Gasteiger partial charge in [0.05, 0.1) is 13.2 Å². The Morgan fingerprint density at radius 3 is 2.86 bits per heavy atom. The van der Waals surface area contributed by atoms with Crippen molar-refractivity contribution in [1.82, 2.24) is 14.5 Å². The van der Waals surface area contributed by atoms with Crippen LogP contribution in [-0.4, -0.2) is 57.5 Å². The first-order valence-electron chi connectivity index (χ1n) is 6.83. The number of aliphatic carboxylic acids is 1. The quantitative estimate of drug-likeness (QED) is 0.860. The number of alkyl halides is 3. The minimum absolute atomic E-state index is 0.0116. The topological polar surface area (TPSA) is 67.6 Å². The SMILES string of the molecule is COCC1(C(=O)O)CCCN1Cc1nccn1CC(F)(F)F. The number of hydrogen-bond donors (Lipinski definition) is 1. The summed E-state index contributed by atoms with van der Waals surface area (Å²) < 4.78 is 43.6. The minimum Gasteiger partial charge on any atom is -0.480 e. The van der Waals surface area contributed by atoms with E-state index < -0.39 is 24.2 Å². The molecular weight excluding hydrogens is 303 g/mol. The van der Waals surface area contributed by atoms with Crippen molar-refractivity contribution in [2.24, 2.45) is 0 Å². The lowest BCUT2D eigenvalue weighted by Crippen LogP contribution is -2.53. The zero-order valence-corrected chi connectivity index (χ0v) is 12.1. The van der Waals surface area contributed by atoms with Gasteiger partial charge in [-0.2, -0.15) is 13.2 Å². The highest BCUT2D eigenvalue weighted by atomic mass is 19.4. The Morgan fingerprint density at radius 1 is 1.55 bits per heavy atom. The number of nitrogens with zero attached hydrogens (tertiary/aromatic N) is 3. The number of ether oxygens (including phenoxy) is 1. The van der Waals surface area contributed by atoms with Gasteiger partial charge >= 0.3 is 12.1 Å². The predicted octanol–water partition coefficient (Wildman–Crippen LogP) is 1.51. The van der Waals surface area contributed by atoms with Crippen LogP contribution in [-0.2, 0) is 22.6 Å². The van der Waals surface area contributed by atoms with E-state index in [1.54, 1.807) is 4.90 Å². The third-order valence-electron chi connectivity index (χ3n) is 3.89. The molecule has 1 fully saturated rings. The highest BCUT2D eigenvalue weighted by Crippen LogP contribution is 2.31. The molecule has 1 aliphatic heterocycles. The minimum atomic E-state index is -4.35. The third-order valence-corrected chi connectivity index (χ3v) is 3.89. The molecule has 0 saturated carbocycles. The number of likely N-dealkylation sites (tertiary alicyclic amines) is 1. The lowest BCUT2D eigenvalue weighted by atomic mass is 9.97. The van der Waals surface area contributed by atoms with E-state index >= 15 is 0 Å². The first-order valence-corrected chi connectivity index (χ1v) is 6.83. The number of carboxylic acids is 1. The lowest BCUT2D eigenvalue weighted by Gasteiger charge is -2.33. The Kier molecular flexibility index (Phi) is 4.76. The van der Waals surface area contributed by atoms with Crippen LogP contribution in [0.1, 0.15) is 18.7 Å². The van der Waals surface area contributed by atoms with Crippen LogP contribution in [0.3, 0.4) is 0 Å². The zero-order chi connectivity index (χ0) is 16.4. The van der Waals surface area contributed by atoms with Crippen molar-refractivity contribution in [2.75, 3.05) is 20.3 Å². The van der Waals surface area contributed by atoms with Crippen molar-refractivity contribution in [1.29, 1.82) is 0 Å². The number of rotatable bonds is 6. The fourth-order valence-electron chi connectivity index (χ4n) is 2.87. The van der Waals surface area contributed by atoms with E-state index in [0.29, 0.717) is 19.4 Å². The summed E-state index contributed by atoms with van der Waals surface area (Å²) in [5.74, 6) is -0.832. The number of aromatic nitrogens is 2. The van der Waals surface area contributed by atoms with E-state index in [9.17, 15) is 23.1 Å². The van der Waals surface area contributed by atoms with E-state index in [1.807, 2.05) is 0 Å². The molecule has 1 saturated heterocycles. The van der Waals surface area contributed by atoms with E-state index in [-0.39, 0.29) is 19.0 Å². The Morgan fingerprint density at radius 2 is 2.27 bits per heavy atom. The van der Waals surface area contributed by atoms with Crippen molar-refractivity contribution in [3.63, 3.8) is 0 Å². The van der Waals surface area contributed by atoms with Gasteiger partial charge in [0.25, 0.3) is 0 Å². The number of methoxy groups -OCH3 is 1. The van der Waals surface area contributed by atoms with Gasteiger partial charge in [-0.1, -0.05) is 0 Å². The molecule has 1 atom stereocenters. The second kappa shape index (κ2) is 6.25. The Bertz CT molecular complexity index is 532. The molecule has 0 spiro atoms. The normalized spacial score (nSPS) is 23.1. The highest BCUT2D eigenvalue weighted by Gasteiger charge is 2.48. The number of halogens is 3. The van der Waals surface area contributed by atoms with Crippen LogP contribution in [0.25, 0.3) is 0 Å². The van der Waals surface area contributed by atoms with Crippen LogP contribution in [0, 0.1) is 0 Å². The molecule has 1 aliphatic rings. The van der Waals surface area contributed by atoms with Gasteiger partial charge < -0.3 is 14.4 Å². The maximum atomic E-state index is 12.5. The summed E-state index contributed by atoms with van der Waals surface area (Å²) in [5, 5.41) is 9.52. The van der Waals surface area contributed by atoms with Gasteiger partial charge in [-0.05, 0) is 19.4 Å². The fourth-order valence-corrected chi connectivity index (χ4v) is 2.87. The largest absolute Gasteiger partial charge is 0.480 e. The Labute approximate surface area is 125 Å². The summed E-state index contributed by atoms with van der Waals surface area (Å²) in [4.78, 5) is 17.2. The Balaban J connectivity index is 2.19. The molecule has 1 aromatic rings. The molecule has 1 N–H and O–H groups in total. The van der Waals surface area contributed by atoms with Crippen LogP contribution < -0.4 is 0 Å². The maximum Gasteiger partial charge on any atom is 0.406 e. The maximum absolute atomic E-state index is 12.5. The fraction of sp³-hybridized carbons (Fsp3) is 0.692. The van der Waals surface area contributed by atoms with Gasteiger partial charge in [0.1, 0.15) is 17.9 Å². The number of carboxylic acid groups (broad SMARTS) is 1. The van der Waals surface area contributed by atoms with Gasteiger partial charge in [0, 0.05) is 19.5 Å². The van der Waals surface area contributed by atoms with Crippen molar-refractivity contribution in [3.05, 3.63) is 18.2 Å². The average molecular weight is 321 g/mol. The molecule has 2 heterocycles. The molecule has 0 aliphatic carbocycles. The monoisotopic (exact) mass is 321 g/mol. The summed E-state index contributed by atoms with van der Waals surface area (Å²) in [6, 6.07) is 0. The highest BCUT2D eigenvalue weighted by molar-refractivity contribution is 5.79. The third kappa shape index (κ3) is 3.41. The van der Waals surface area contributed by atoms with Gasteiger partial charge in [0.15, 0.2) is 0 Å². The molecule has 0 aromatic carbocycles. The molecule has 0 bridgehead atoms. The van der Waals surface area contributed by atoms with E-state index in [0.717, 1.165) is 4.57 Å². The van der Waals surface area contributed by atoms with Crippen molar-refractivity contribution in [2.45, 2.75) is 37.6 Å². The van der Waals surface area contributed by atoms with Crippen LogP contribution in [0.5, 0.6) is 0 Å². The standard InChI is InChI=1S/C13H18F3N3O3/c1-22-9-12(11(20)21)3-2-5-19(12)7-10-17-4-6-18(10)8-13(14,15)16/h4,6H,2-3,5,7-9H2,1H3,(H,20,21). The Hall–Kier alpha value is -1.61. The summed E-state index contributed by atoms with van der Waals surface area (Å²) in [7, 11) is 1.41. The molecule has 1 aromatic heterocycles. The second-order valence-electron chi connectivity index (χ2n) is 5.38. The van der Waals surface area contributed by atoms with Gasteiger partial charge in [-0.3, -0.25) is 9.69 Å². The van der Waals surface area contributed by atoms with E-state index in [1.165, 1.54) is 19.5 Å². The summed E-state index contributed by atoms with van der Waals surface area (Å²) in [5.41, 5.74) is -1.20. The summed E-state index contributed by atoms with van der Waals surface area (Å²) in [6.07, 6.45) is -0.768. The molecule has 2 rings (SSSR count). The van der Waals surface area contributed by atoms with Crippen LogP contribution >= 0.6 is 0 Å². The van der Waals surface area contributed by atoms with Gasteiger partial charge in [-0.25, -0.2) is 4.98 Å². The molecule has 124 valence electrons. The number of carbonyl (C=O) groups is 1. The van der Waals surface area contributed by atoms with Crippen LogP contribution in [0.4, 0.5) is 13.2 Å². The predicted molar refractivity (Wildman–Crippen MR) is 70.2 cm³/mol. The second-order valence-corrected chi connectivity index (χ2v) is 5.38. The van der Waals surface area contributed by atoms with Crippen molar-refractivity contribution in [3.8, 4) is 0 Å². The lowest BCUT2D eigenvalue weighted by molar-refractivity contribution is -0.154. The van der Waals surface area contributed by atoms with Crippen LogP contribution in [0.15, 0.2) is 12.4 Å². The number of hydrogen-bond acceptors (Lipinski definition) is 4. The van der Waals surface area contributed by atoms with E-state index in [2.05, 4.69) is 4.98 Å². The number of imidazole rings is 1. The molecule has 9 heteroatoms. The van der Waals surface area contributed by atoms with Crippen molar-refractivity contribution < 1.29 is 27.8 Å². The zero-order valence-electron chi connectivity index (χ0n) is 12.1.